The summed E-state index contributed by atoms with van der Waals surface area (Å²) in [5, 5.41) is 0. The van der Waals surface area contributed by atoms with Crippen molar-refractivity contribution in [3.05, 3.63) is 0 Å². The van der Waals surface area contributed by atoms with E-state index >= 15 is 0 Å². The maximum Gasteiger partial charge on any atom is 0.280 e. The van der Waals surface area contributed by atoms with E-state index in [4.69, 9.17) is 18.0 Å². The van der Waals surface area contributed by atoms with Gasteiger partial charge in [-0.25, -0.2) is 4.72 Å². The van der Waals surface area contributed by atoms with Crippen LogP contribution in [0.1, 0.15) is 26.7 Å². The van der Waals surface area contributed by atoms with Gasteiger partial charge in [0.05, 0.1) is 11.0 Å². The van der Waals surface area contributed by atoms with E-state index in [9.17, 15) is 8.42 Å². The first-order chi connectivity index (χ1) is 7.34. The van der Waals surface area contributed by atoms with Crippen LogP contribution in [-0.4, -0.2) is 36.8 Å². The van der Waals surface area contributed by atoms with Gasteiger partial charge in [0.25, 0.3) is 10.2 Å². The zero-order valence-corrected chi connectivity index (χ0v) is 11.3. The van der Waals surface area contributed by atoms with Crippen LogP contribution in [0.5, 0.6) is 0 Å². The molecule has 0 bridgehead atoms. The normalized spacial score (nSPS) is 22.8. The van der Waals surface area contributed by atoms with E-state index < -0.39 is 10.2 Å². The quantitative estimate of drug-likeness (QED) is 0.698. The van der Waals surface area contributed by atoms with Crippen LogP contribution >= 0.6 is 12.2 Å². The average Bonchev–Trinajstić information content (AvgIpc) is 2.63. The molecule has 1 atom stereocenters. The molecule has 0 aliphatic carbocycles. The van der Waals surface area contributed by atoms with Gasteiger partial charge < -0.3 is 5.73 Å². The first-order valence-corrected chi connectivity index (χ1v) is 7.25. The molecule has 1 aliphatic rings. The lowest BCUT2D eigenvalue weighted by Crippen LogP contribution is -2.48. The van der Waals surface area contributed by atoms with E-state index in [1.54, 1.807) is 0 Å². The summed E-state index contributed by atoms with van der Waals surface area (Å²) in [6, 6.07) is -0.320. The molecule has 16 heavy (non-hydrogen) atoms. The molecule has 0 aromatic rings. The highest BCUT2D eigenvalue weighted by Crippen LogP contribution is 2.20. The van der Waals surface area contributed by atoms with E-state index in [-0.39, 0.29) is 16.9 Å². The van der Waals surface area contributed by atoms with Gasteiger partial charge in [-0.15, -0.1) is 0 Å². The second kappa shape index (κ2) is 5.39. The summed E-state index contributed by atoms with van der Waals surface area (Å²) < 4.78 is 27.8. The monoisotopic (exact) mass is 265 g/mol. The SMILES string of the molecule is CC(C)CNS(=O)(=O)N1CCCC1C(N)=S. The first-order valence-electron chi connectivity index (χ1n) is 5.40. The van der Waals surface area contributed by atoms with E-state index in [0.717, 1.165) is 12.8 Å². The molecular formula is C9H19N3O2S2. The summed E-state index contributed by atoms with van der Waals surface area (Å²) in [5.74, 6) is 0.278. The summed E-state index contributed by atoms with van der Waals surface area (Å²) in [5.41, 5.74) is 5.54. The van der Waals surface area contributed by atoms with Crippen molar-refractivity contribution in [1.29, 1.82) is 0 Å². The molecule has 1 heterocycles. The van der Waals surface area contributed by atoms with Crippen molar-refractivity contribution in [3.8, 4) is 0 Å². The molecule has 3 N–H and O–H groups in total. The molecule has 0 radical (unpaired) electrons. The largest absolute Gasteiger partial charge is 0.392 e. The van der Waals surface area contributed by atoms with Gasteiger partial charge in [-0.1, -0.05) is 26.1 Å². The third-order valence-corrected chi connectivity index (χ3v) is 4.37. The van der Waals surface area contributed by atoms with Crippen LogP contribution in [0.2, 0.25) is 0 Å². The van der Waals surface area contributed by atoms with Gasteiger partial charge in [-0.2, -0.15) is 12.7 Å². The Hall–Kier alpha value is -0.240. The maximum atomic E-state index is 12.0. The Balaban J connectivity index is 2.71. The number of rotatable bonds is 5. The standard InChI is InChI=1S/C9H19N3O2S2/c1-7(2)6-11-16(13,14)12-5-3-4-8(12)9(10)15/h7-8,11H,3-6H2,1-2H3,(H2,10,15). The zero-order chi connectivity index (χ0) is 12.3. The van der Waals surface area contributed by atoms with E-state index in [1.807, 2.05) is 13.8 Å². The van der Waals surface area contributed by atoms with Crippen molar-refractivity contribution in [2.24, 2.45) is 11.7 Å². The molecule has 1 aliphatic heterocycles. The van der Waals surface area contributed by atoms with Gasteiger partial charge in [-0.05, 0) is 18.8 Å². The molecule has 0 spiro atoms. The molecule has 0 amide bonds. The lowest BCUT2D eigenvalue weighted by Gasteiger charge is -2.23. The van der Waals surface area contributed by atoms with Crippen LogP contribution < -0.4 is 10.5 Å². The Labute approximate surface area is 103 Å². The summed E-state index contributed by atoms with van der Waals surface area (Å²) in [4.78, 5) is 0.257. The maximum absolute atomic E-state index is 12.0. The second-order valence-corrected chi connectivity index (χ2v) is 6.60. The third-order valence-electron chi connectivity index (χ3n) is 2.51. The Morgan fingerprint density at radius 2 is 2.25 bits per heavy atom. The van der Waals surface area contributed by atoms with Crippen LogP contribution in [0.4, 0.5) is 0 Å². The predicted octanol–water partition coefficient (Wildman–Crippen LogP) is 0.227. The highest BCUT2D eigenvalue weighted by Gasteiger charge is 2.35. The van der Waals surface area contributed by atoms with Crippen LogP contribution in [0.3, 0.4) is 0 Å². The Morgan fingerprint density at radius 1 is 1.62 bits per heavy atom. The number of nitrogens with one attached hydrogen (secondary N) is 1. The number of nitrogens with zero attached hydrogens (tertiary/aromatic N) is 1. The van der Waals surface area contributed by atoms with E-state index in [1.165, 1.54) is 4.31 Å². The fourth-order valence-corrected chi connectivity index (χ4v) is 3.61. The molecule has 7 heteroatoms. The van der Waals surface area contributed by atoms with E-state index in [2.05, 4.69) is 4.72 Å². The van der Waals surface area contributed by atoms with Crippen LogP contribution in [-0.2, 0) is 10.2 Å². The van der Waals surface area contributed by atoms with Crippen molar-refractivity contribution in [2.75, 3.05) is 13.1 Å². The van der Waals surface area contributed by atoms with Crippen molar-refractivity contribution in [2.45, 2.75) is 32.7 Å². The molecule has 5 nitrogen and oxygen atoms in total. The summed E-state index contributed by atoms with van der Waals surface area (Å²) >= 11 is 4.88. The molecule has 94 valence electrons. The van der Waals surface area contributed by atoms with Crippen LogP contribution in [0.15, 0.2) is 0 Å². The molecule has 1 fully saturated rings. The fourth-order valence-electron chi connectivity index (χ4n) is 1.67. The highest BCUT2D eigenvalue weighted by atomic mass is 32.2. The minimum Gasteiger partial charge on any atom is -0.392 e. The zero-order valence-electron chi connectivity index (χ0n) is 9.64. The van der Waals surface area contributed by atoms with Gasteiger partial charge in [0.15, 0.2) is 0 Å². The predicted molar refractivity (Wildman–Crippen MR) is 68.3 cm³/mol. The number of thiocarbonyl (C=S) groups is 1. The topological polar surface area (TPSA) is 75.4 Å². The Bertz CT molecular complexity index is 354. The lowest BCUT2D eigenvalue weighted by atomic mass is 10.2. The summed E-state index contributed by atoms with van der Waals surface area (Å²) in [6.07, 6.45) is 1.53. The molecular weight excluding hydrogens is 246 g/mol. The number of hydrogen-bond acceptors (Lipinski definition) is 3. The number of nitrogens with two attached hydrogens (primary N) is 1. The molecule has 0 aromatic heterocycles. The second-order valence-electron chi connectivity index (χ2n) is 4.42. The first kappa shape index (κ1) is 13.8. The fraction of sp³-hybridized carbons (Fsp3) is 0.889. The van der Waals surface area contributed by atoms with Crippen LogP contribution in [0, 0.1) is 5.92 Å². The molecule has 0 saturated carbocycles. The van der Waals surface area contributed by atoms with Gasteiger partial charge in [0, 0.05) is 13.1 Å². The van der Waals surface area contributed by atoms with Crippen molar-refractivity contribution in [1.82, 2.24) is 9.03 Å². The Morgan fingerprint density at radius 3 is 2.75 bits per heavy atom. The third kappa shape index (κ3) is 3.38. The Kier molecular flexibility index (Phi) is 4.66. The minimum absolute atomic E-state index is 0.257. The van der Waals surface area contributed by atoms with Gasteiger partial charge in [0.2, 0.25) is 0 Å². The average molecular weight is 265 g/mol. The smallest absolute Gasteiger partial charge is 0.280 e. The minimum atomic E-state index is -3.43. The van der Waals surface area contributed by atoms with Gasteiger partial charge in [0.1, 0.15) is 0 Å². The van der Waals surface area contributed by atoms with Gasteiger partial charge >= 0.3 is 0 Å². The van der Waals surface area contributed by atoms with Crippen molar-refractivity contribution in [3.63, 3.8) is 0 Å². The molecule has 1 saturated heterocycles. The molecule has 0 aromatic carbocycles. The summed E-state index contributed by atoms with van der Waals surface area (Å²) in [7, 11) is -3.43. The highest BCUT2D eigenvalue weighted by molar-refractivity contribution is 7.87. The van der Waals surface area contributed by atoms with Crippen molar-refractivity contribution < 1.29 is 8.42 Å². The lowest BCUT2D eigenvalue weighted by molar-refractivity contribution is 0.431. The number of hydrogen-bond donors (Lipinski definition) is 2. The molecule has 1 rings (SSSR count). The summed E-state index contributed by atoms with van der Waals surface area (Å²) in [6.45, 7) is 4.84. The van der Waals surface area contributed by atoms with Gasteiger partial charge in [-0.3, -0.25) is 0 Å². The van der Waals surface area contributed by atoms with E-state index in [0.29, 0.717) is 13.1 Å². The molecule has 1 unspecified atom stereocenters. The van der Waals surface area contributed by atoms with Crippen molar-refractivity contribution >= 4 is 27.4 Å². The van der Waals surface area contributed by atoms with Crippen LogP contribution in [0.25, 0.3) is 0 Å².